The molecule has 5 rings (SSSR count). The van der Waals surface area contributed by atoms with Gasteiger partial charge in [-0.3, -0.25) is 4.79 Å². The number of methoxy groups -OCH3 is 1. The zero-order chi connectivity index (χ0) is 21.2. The molecule has 0 radical (unpaired) electrons. The van der Waals surface area contributed by atoms with Crippen molar-refractivity contribution in [3.63, 3.8) is 0 Å². The van der Waals surface area contributed by atoms with Gasteiger partial charge in [-0.2, -0.15) is 0 Å². The van der Waals surface area contributed by atoms with Crippen LogP contribution in [0.4, 0.5) is 10.1 Å². The highest BCUT2D eigenvalue weighted by molar-refractivity contribution is 5.97. The molecule has 1 aliphatic carbocycles. The van der Waals surface area contributed by atoms with Crippen molar-refractivity contribution in [3.8, 4) is 5.75 Å². The molecule has 1 aromatic carbocycles. The molecule has 3 fully saturated rings. The van der Waals surface area contributed by atoms with Gasteiger partial charge in [0.2, 0.25) is 5.43 Å². The molecule has 2 aliphatic heterocycles. The summed E-state index contributed by atoms with van der Waals surface area (Å²) in [6.45, 7) is 1.47. The van der Waals surface area contributed by atoms with E-state index >= 15 is 4.39 Å². The summed E-state index contributed by atoms with van der Waals surface area (Å²) in [7, 11) is 1.42. The number of nitrogens with zero attached hydrogens (tertiary/aromatic N) is 2. The first-order valence-corrected chi connectivity index (χ1v) is 10.2. The molecule has 3 heterocycles. The number of pyridine rings is 1. The summed E-state index contributed by atoms with van der Waals surface area (Å²) in [6.07, 6.45) is 4.52. The number of aromatic carboxylic acids is 1. The molecular formula is C21H24FN3O5. The third kappa shape index (κ3) is 2.79. The fourth-order valence-corrected chi connectivity index (χ4v) is 4.97. The van der Waals surface area contributed by atoms with Crippen molar-refractivity contribution < 1.29 is 24.1 Å². The topological polar surface area (TPSA) is 104 Å². The largest absolute Gasteiger partial charge is 0.492 e. The van der Waals surface area contributed by atoms with Crippen LogP contribution in [0.5, 0.6) is 5.75 Å². The Morgan fingerprint density at radius 1 is 1.40 bits per heavy atom. The van der Waals surface area contributed by atoms with E-state index in [9.17, 15) is 19.8 Å². The van der Waals surface area contributed by atoms with Crippen molar-refractivity contribution >= 4 is 22.6 Å². The molecule has 9 heteroatoms. The van der Waals surface area contributed by atoms with Gasteiger partial charge in [0.1, 0.15) is 11.3 Å². The van der Waals surface area contributed by atoms with Crippen molar-refractivity contribution in [3.05, 3.63) is 33.9 Å². The Morgan fingerprint density at radius 2 is 2.17 bits per heavy atom. The summed E-state index contributed by atoms with van der Waals surface area (Å²) in [5.74, 6) is -1.80. The Bertz CT molecular complexity index is 1110. The SMILES string of the molecule is COc1c(N2C[C@H]3NCCCC3(O)C2)c(F)cc2c(=O)c(C(=O)O)cn(C3CC3)c12. The number of aliphatic hydroxyl groups is 1. The van der Waals surface area contributed by atoms with Crippen molar-refractivity contribution in [1.82, 2.24) is 9.88 Å². The number of aromatic nitrogens is 1. The molecule has 1 saturated carbocycles. The number of ether oxygens (including phenoxy) is 1. The second kappa shape index (κ2) is 6.68. The molecule has 160 valence electrons. The van der Waals surface area contributed by atoms with Gasteiger partial charge in [-0.05, 0) is 38.3 Å². The molecule has 0 spiro atoms. The molecule has 8 nitrogen and oxygen atoms in total. The molecule has 2 atom stereocenters. The molecule has 1 aromatic heterocycles. The van der Waals surface area contributed by atoms with Crippen LogP contribution in [0.2, 0.25) is 0 Å². The number of hydrogen-bond donors (Lipinski definition) is 3. The summed E-state index contributed by atoms with van der Waals surface area (Å²) in [6, 6.07) is 0.983. The fraction of sp³-hybridized carbons (Fsp3) is 0.524. The number of halogens is 1. The van der Waals surface area contributed by atoms with Crippen LogP contribution < -0.4 is 20.4 Å². The number of carbonyl (C=O) groups is 1. The van der Waals surface area contributed by atoms with E-state index in [4.69, 9.17) is 4.74 Å². The summed E-state index contributed by atoms with van der Waals surface area (Å²) in [5, 5.41) is 23.8. The number of β-amino-alcohol motifs (C(OH)–C–C–N with tert-alkyl or cyclic N) is 1. The summed E-state index contributed by atoms with van der Waals surface area (Å²) in [4.78, 5) is 26.1. The van der Waals surface area contributed by atoms with E-state index in [2.05, 4.69) is 5.32 Å². The minimum Gasteiger partial charge on any atom is -0.492 e. The van der Waals surface area contributed by atoms with Crippen LogP contribution >= 0.6 is 0 Å². The van der Waals surface area contributed by atoms with Crippen LogP contribution in [-0.4, -0.2) is 59.1 Å². The number of anilines is 1. The second-order valence-corrected chi connectivity index (χ2v) is 8.55. The van der Waals surface area contributed by atoms with E-state index in [1.807, 2.05) is 0 Å². The number of rotatable bonds is 4. The predicted molar refractivity (Wildman–Crippen MR) is 108 cm³/mol. The molecule has 2 aromatic rings. The molecule has 3 aliphatic rings. The molecule has 30 heavy (non-hydrogen) atoms. The number of hydrogen-bond acceptors (Lipinski definition) is 6. The number of piperidine rings is 1. The molecule has 3 N–H and O–H groups in total. The van der Waals surface area contributed by atoms with Gasteiger partial charge in [0.05, 0.1) is 29.7 Å². The van der Waals surface area contributed by atoms with Crippen molar-refractivity contribution in [2.75, 3.05) is 31.6 Å². The lowest BCUT2D eigenvalue weighted by atomic mass is 9.89. The Kier molecular flexibility index (Phi) is 4.30. The van der Waals surface area contributed by atoms with E-state index in [1.54, 1.807) is 9.47 Å². The highest BCUT2D eigenvalue weighted by Gasteiger charge is 2.48. The van der Waals surface area contributed by atoms with Gasteiger partial charge in [-0.1, -0.05) is 0 Å². The van der Waals surface area contributed by atoms with Crippen LogP contribution in [0, 0.1) is 5.82 Å². The van der Waals surface area contributed by atoms with Gasteiger partial charge in [-0.15, -0.1) is 0 Å². The maximum atomic E-state index is 15.4. The molecule has 0 amide bonds. The van der Waals surface area contributed by atoms with Crippen LogP contribution in [-0.2, 0) is 0 Å². The minimum atomic E-state index is -1.34. The number of nitrogens with one attached hydrogen (secondary N) is 1. The van der Waals surface area contributed by atoms with Crippen LogP contribution in [0.1, 0.15) is 42.1 Å². The Labute approximate surface area is 171 Å². The number of carboxylic acids is 1. The first-order valence-electron chi connectivity index (χ1n) is 10.2. The molecule has 1 unspecified atom stereocenters. The Hall–Kier alpha value is -2.65. The minimum absolute atomic E-state index is 0.00616. The van der Waals surface area contributed by atoms with Crippen LogP contribution in [0.15, 0.2) is 17.1 Å². The molecular weight excluding hydrogens is 393 g/mol. The summed E-state index contributed by atoms with van der Waals surface area (Å²) in [5.41, 5.74) is -1.45. The molecule has 0 bridgehead atoms. The average Bonchev–Trinajstić information content (AvgIpc) is 3.48. The van der Waals surface area contributed by atoms with E-state index in [1.165, 1.54) is 13.3 Å². The van der Waals surface area contributed by atoms with E-state index in [-0.39, 0.29) is 41.0 Å². The average molecular weight is 417 g/mol. The van der Waals surface area contributed by atoms with Crippen LogP contribution in [0.3, 0.4) is 0 Å². The third-order valence-electron chi connectivity index (χ3n) is 6.58. The summed E-state index contributed by atoms with van der Waals surface area (Å²) < 4.78 is 22.7. The normalized spacial score (nSPS) is 26.1. The third-order valence-corrected chi connectivity index (χ3v) is 6.58. The number of fused-ring (bicyclic) bond motifs is 2. The zero-order valence-electron chi connectivity index (χ0n) is 16.7. The molecule has 2 saturated heterocycles. The number of benzene rings is 1. The maximum Gasteiger partial charge on any atom is 0.341 e. The van der Waals surface area contributed by atoms with Gasteiger partial charge in [-0.25, -0.2) is 9.18 Å². The quantitative estimate of drug-likeness (QED) is 0.692. The lowest BCUT2D eigenvalue weighted by Gasteiger charge is -2.33. The maximum absolute atomic E-state index is 15.4. The van der Waals surface area contributed by atoms with Crippen molar-refractivity contribution in [1.29, 1.82) is 0 Å². The highest BCUT2D eigenvalue weighted by Crippen LogP contribution is 2.45. The van der Waals surface area contributed by atoms with Crippen LogP contribution in [0.25, 0.3) is 10.9 Å². The highest BCUT2D eigenvalue weighted by atomic mass is 19.1. The monoisotopic (exact) mass is 417 g/mol. The lowest BCUT2D eigenvalue weighted by molar-refractivity contribution is 0.0101. The predicted octanol–water partition coefficient (Wildman–Crippen LogP) is 1.49. The Balaban J connectivity index is 1.74. The number of carboxylic acid groups (broad SMARTS) is 1. The van der Waals surface area contributed by atoms with E-state index in [0.29, 0.717) is 18.5 Å². The van der Waals surface area contributed by atoms with Gasteiger partial charge < -0.3 is 29.7 Å². The smallest absolute Gasteiger partial charge is 0.341 e. The zero-order valence-corrected chi connectivity index (χ0v) is 16.7. The Morgan fingerprint density at radius 3 is 2.80 bits per heavy atom. The lowest BCUT2D eigenvalue weighted by Crippen LogP contribution is -2.53. The first kappa shape index (κ1) is 19.3. The van der Waals surface area contributed by atoms with Crippen molar-refractivity contribution in [2.45, 2.75) is 43.4 Å². The van der Waals surface area contributed by atoms with E-state index in [0.717, 1.165) is 31.9 Å². The van der Waals surface area contributed by atoms with Gasteiger partial charge in [0.25, 0.3) is 0 Å². The second-order valence-electron chi connectivity index (χ2n) is 8.55. The van der Waals surface area contributed by atoms with Crippen molar-refractivity contribution in [2.24, 2.45) is 0 Å². The standard InChI is InChI=1S/C21H24FN3O5/c1-30-19-16-12(18(26)13(20(27)28)8-25(16)11-3-4-11)7-14(22)17(19)24-9-15-21(29,10-24)5-2-6-23-15/h7-8,11,15,23,29H,2-6,9-10H2,1H3,(H,27,28)/t15-,21?/m1/s1. The van der Waals surface area contributed by atoms with Gasteiger partial charge >= 0.3 is 5.97 Å². The van der Waals surface area contributed by atoms with E-state index < -0.39 is 22.8 Å². The van der Waals surface area contributed by atoms with Gasteiger partial charge in [0, 0.05) is 25.3 Å². The first-order chi connectivity index (χ1) is 14.3. The van der Waals surface area contributed by atoms with Gasteiger partial charge in [0.15, 0.2) is 11.6 Å². The summed E-state index contributed by atoms with van der Waals surface area (Å²) >= 11 is 0. The fourth-order valence-electron chi connectivity index (χ4n) is 4.97.